The number of hydrogen-bond donors (Lipinski definition) is 1. The van der Waals surface area contributed by atoms with E-state index in [2.05, 4.69) is 11.4 Å². The molecule has 1 N–H and O–H groups in total. The highest BCUT2D eigenvalue weighted by Crippen LogP contribution is 2.34. The third-order valence-corrected chi connectivity index (χ3v) is 2.93. The molecule has 1 unspecified atom stereocenters. The van der Waals surface area contributed by atoms with E-state index in [1.165, 1.54) is 6.42 Å². The molecule has 3 heteroatoms. The first-order chi connectivity index (χ1) is 6.26. The van der Waals surface area contributed by atoms with Gasteiger partial charge in [0.1, 0.15) is 0 Å². The lowest BCUT2D eigenvalue weighted by atomic mass is 9.80. The Bertz CT molecular complexity index is 188. The minimum Gasteiger partial charge on any atom is -0.377 e. The Hall–Kier alpha value is -0.590. The van der Waals surface area contributed by atoms with Gasteiger partial charge in [0.05, 0.1) is 17.7 Å². The van der Waals surface area contributed by atoms with Gasteiger partial charge in [0, 0.05) is 13.7 Å². The van der Waals surface area contributed by atoms with Crippen molar-refractivity contribution in [2.45, 2.75) is 44.2 Å². The van der Waals surface area contributed by atoms with Gasteiger partial charge < -0.3 is 4.74 Å². The van der Waals surface area contributed by atoms with Gasteiger partial charge in [0.2, 0.25) is 0 Å². The Balaban J connectivity index is 2.28. The van der Waals surface area contributed by atoms with Crippen LogP contribution < -0.4 is 5.32 Å². The molecular formula is C10H18N2O. The predicted octanol–water partition coefficient (Wildman–Crippen LogP) is 1.45. The van der Waals surface area contributed by atoms with Gasteiger partial charge in [0.25, 0.3) is 0 Å². The molecule has 1 aliphatic rings. The van der Waals surface area contributed by atoms with E-state index in [-0.39, 0.29) is 11.6 Å². The maximum absolute atomic E-state index is 8.73. The molecule has 0 bridgehead atoms. The molecule has 1 saturated carbocycles. The van der Waals surface area contributed by atoms with Crippen molar-refractivity contribution in [2.75, 3.05) is 13.7 Å². The molecule has 1 rings (SSSR count). The Labute approximate surface area is 80.1 Å². The largest absolute Gasteiger partial charge is 0.377 e. The van der Waals surface area contributed by atoms with Crippen LogP contribution in [0, 0.1) is 11.3 Å². The van der Waals surface area contributed by atoms with Crippen LogP contribution in [0.2, 0.25) is 0 Å². The monoisotopic (exact) mass is 182 g/mol. The van der Waals surface area contributed by atoms with E-state index in [0.717, 1.165) is 25.8 Å². The summed E-state index contributed by atoms with van der Waals surface area (Å²) in [6.45, 7) is 2.83. The van der Waals surface area contributed by atoms with Gasteiger partial charge in [-0.05, 0) is 25.7 Å². The summed E-state index contributed by atoms with van der Waals surface area (Å²) in [5.41, 5.74) is 0.0320. The van der Waals surface area contributed by atoms with Gasteiger partial charge in [0.15, 0.2) is 0 Å². The number of hydrogen-bond acceptors (Lipinski definition) is 3. The average molecular weight is 182 g/mol. The minimum atomic E-state index is -0.0207. The molecule has 0 saturated heterocycles. The van der Waals surface area contributed by atoms with Gasteiger partial charge in [-0.15, -0.1) is 0 Å². The maximum atomic E-state index is 8.73. The van der Waals surface area contributed by atoms with Crippen LogP contribution in [0.15, 0.2) is 0 Å². The number of methoxy groups -OCH3 is 1. The zero-order chi connectivity index (χ0) is 9.73. The summed E-state index contributed by atoms with van der Waals surface area (Å²) in [5, 5.41) is 12.0. The van der Waals surface area contributed by atoms with E-state index in [9.17, 15) is 0 Å². The Kier molecular flexibility index (Phi) is 3.71. The highest BCUT2D eigenvalue weighted by atomic mass is 16.5. The molecule has 0 heterocycles. The molecule has 1 atom stereocenters. The van der Waals surface area contributed by atoms with Crippen molar-refractivity contribution in [3.8, 4) is 6.07 Å². The van der Waals surface area contributed by atoms with Crippen molar-refractivity contribution in [3.63, 3.8) is 0 Å². The summed E-state index contributed by atoms with van der Waals surface area (Å²) in [6, 6.07) is 2.21. The SMILES string of the molecule is CCC(C#N)NCC1(OC)CCC1. The summed E-state index contributed by atoms with van der Waals surface area (Å²) in [7, 11) is 1.76. The molecule has 13 heavy (non-hydrogen) atoms. The molecule has 0 aliphatic heterocycles. The van der Waals surface area contributed by atoms with Gasteiger partial charge in [-0.2, -0.15) is 5.26 Å². The fourth-order valence-electron chi connectivity index (χ4n) is 1.61. The quantitative estimate of drug-likeness (QED) is 0.700. The van der Waals surface area contributed by atoms with E-state index in [1.54, 1.807) is 7.11 Å². The summed E-state index contributed by atoms with van der Waals surface area (Å²) in [4.78, 5) is 0. The lowest BCUT2D eigenvalue weighted by Crippen LogP contribution is -2.50. The molecule has 1 fully saturated rings. The highest BCUT2D eigenvalue weighted by molar-refractivity contribution is 4.96. The van der Waals surface area contributed by atoms with E-state index >= 15 is 0 Å². The van der Waals surface area contributed by atoms with Gasteiger partial charge in [-0.3, -0.25) is 5.32 Å². The second kappa shape index (κ2) is 4.59. The molecule has 74 valence electrons. The minimum absolute atomic E-state index is 0.0207. The first kappa shape index (κ1) is 10.5. The first-order valence-electron chi connectivity index (χ1n) is 4.94. The zero-order valence-electron chi connectivity index (χ0n) is 8.47. The lowest BCUT2D eigenvalue weighted by molar-refractivity contribution is -0.0701. The van der Waals surface area contributed by atoms with Crippen molar-refractivity contribution in [1.29, 1.82) is 5.26 Å². The van der Waals surface area contributed by atoms with Crippen LogP contribution in [0.3, 0.4) is 0 Å². The van der Waals surface area contributed by atoms with E-state index in [4.69, 9.17) is 10.00 Å². The van der Waals surface area contributed by atoms with Crippen LogP contribution in [0.1, 0.15) is 32.6 Å². The number of rotatable bonds is 5. The fraction of sp³-hybridized carbons (Fsp3) is 0.900. The van der Waals surface area contributed by atoms with Crippen LogP contribution in [-0.2, 0) is 4.74 Å². The smallest absolute Gasteiger partial charge is 0.0951 e. The standard InChI is InChI=1S/C10H18N2O/c1-3-9(7-11)12-8-10(13-2)5-4-6-10/h9,12H,3-6,8H2,1-2H3. The zero-order valence-corrected chi connectivity index (χ0v) is 8.47. The molecule has 0 amide bonds. The van der Waals surface area contributed by atoms with E-state index in [1.807, 2.05) is 6.92 Å². The van der Waals surface area contributed by atoms with Crippen LogP contribution in [0.25, 0.3) is 0 Å². The third kappa shape index (κ3) is 2.43. The van der Waals surface area contributed by atoms with Crippen LogP contribution in [-0.4, -0.2) is 25.3 Å². The van der Waals surface area contributed by atoms with Crippen molar-refractivity contribution in [3.05, 3.63) is 0 Å². The number of nitriles is 1. The molecule has 3 nitrogen and oxygen atoms in total. The molecule has 0 spiro atoms. The normalized spacial score (nSPS) is 21.6. The molecule has 0 aromatic rings. The molecule has 1 aliphatic carbocycles. The number of nitrogens with one attached hydrogen (secondary N) is 1. The third-order valence-electron chi connectivity index (χ3n) is 2.93. The van der Waals surface area contributed by atoms with Crippen molar-refractivity contribution >= 4 is 0 Å². The maximum Gasteiger partial charge on any atom is 0.0951 e. The van der Waals surface area contributed by atoms with Crippen LogP contribution in [0.5, 0.6) is 0 Å². The topological polar surface area (TPSA) is 45.0 Å². The fourth-order valence-corrected chi connectivity index (χ4v) is 1.61. The Morgan fingerprint density at radius 3 is 2.62 bits per heavy atom. The molecule has 0 radical (unpaired) electrons. The molecule has 0 aromatic carbocycles. The number of ether oxygens (including phenoxy) is 1. The van der Waals surface area contributed by atoms with Gasteiger partial charge >= 0.3 is 0 Å². The van der Waals surface area contributed by atoms with Crippen molar-refractivity contribution < 1.29 is 4.74 Å². The van der Waals surface area contributed by atoms with E-state index in [0.29, 0.717) is 0 Å². The predicted molar refractivity (Wildman–Crippen MR) is 51.3 cm³/mol. The Morgan fingerprint density at radius 2 is 2.31 bits per heavy atom. The second-order valence-electron chi connectivity index (χ2n) is 3.71. The summed E-state index contributed by atoms with van der Waals surface area (Å²) in [6.07, 6.45) is 4.35. The van der Waals surface area contributed by atoms with Gasteiger partial charge in [-0.1, -0.05) is 6.92 Å². The number of nitrogens with zero attached hydrogens (tertiary/aromatic N) is 1. The Morgan fingerprint density at radius 1 is 1.62 bits per heavy atom. The second-order valence-corrected chi connectivity index (χ2v) is 3.71. The highest BCUT2D eigenvalue weighted by Gasteiger charge is 2.36. The molecular weight excluding hydrogens is 164 g/mol. The first-order valence-corrected chi connectivity index (χ1v) is 4.94. The van der Waals surface area contributed by atoms with Crippen LogP contribution in [0.4, 0.5) is 0 Å². The summed E-state index contributed by atoms with van der Waals surface area (Å²) < 4.78 is 5.44. The van der Waals surface area contributed by atoms with Crippen molar-refractivity contribution in [2.24, 2.45) is 0 Å². The molecule has 0 aromatic heterocycles. The van der Waals surface area contributed by atoms with Crippen molar-refractivity contribution in [1.82, 2.24) is 5.32 Å². The summed E-state index contributed by atoms with van der Waals surface area (Å²) in [5.74, 6) is 0. The van der Waals surface area contributed by atoms with Crippen LogP contribution >= 0.6 is 0 Å². The van der Waals surface area contributed by atoms with Gasteiger partial charge in [-0.25, -0.2) is 0 Å². The van der Waals surface area contributed by atoms with E-state index < -0.39 is 0 Å². The average Bonchev–Trinajstić information content (AvgIpc) is 2.10. The lowest BCUT2D eigenvalue weighted by Gasteiger charge is -2.41. The summed E-state index contributed by atoms with van der Waals surface area (Å²) >= 11 is 0.